The molecule has 0 unspecified atom stereocenters. The maximum Gasteiger partial charge on any atom is 0.313 e. The van der Waals surface area contributed by atoms with Gasteiger partial charge in [-0.3, -0.25) is 0 Å². The van der Waals surface area contributed by atoms with Crippen molar-refractivity contribution in [1.82, 2.24) is 0 Å². The van der Waals surface area contributed by atoms with E-state index in [9.17, 15) is 17.6 Å². The molecule has 0 aromatic carbocycles. The van der Waals surface area contributed by atoms with Crippen LogP contribution in [0, 0.1) is 5.41 Å². The van der Waals surface area contributed by atoms with Crippen LogP contribution in [0.4, 0.5) is 17.6 Å². The highest BCUT2D eigenvalue weighted by Crippen LogP contribution is 2.72. The third-order valence-corrected chi connectivity index (χ3v) is 3.05. The van der Waals surface area contributed by atoms with Crippen molar-refractivity contribution in [2.45, 2.75) is 37.1 Å². The summed E-state index contributed by atoms with van der Waals surface area (Å²) in [6.45, 7) is 0. The molecule has 0 saturated heterocycles. The summed E-state index contributed by atoms with van der Waals surface area (Å²) in [6.07, 6.45) is -3.39. The lowest BCUT2D eigenvalue weighted by molar-refractivity contribution is -0.313. The molecule has 0 radical (unpaired) electrons. The van der Waals surface area contributed by atoms with Crippen LogP contribution >= 0.6 is 12.4 Å². The van der Waals surface area contributed by atoms with Crippen LogP contribution < -0.4 is 5.73 Å². The minimum absolute atomic E-state index is 0. The fraction of sp³-hybridized carbons (Fsp3) is 1.00. The van der Waals surface area contributed by atoms with Crippen molar-refractivity contribution in [2.75, 3.05) is 0 Å². The van der Waals surface area contributed by atoms with Gasteiger partial charge in [0.2, 0.25) is 0 Å². The predicted molar refractivity (Wildman–Crippen MR) is 41.4 cm³/mol. The lowest BCUT2D eigenvalue weighted by atomic mass is 9.37. The average molecular weight is 220 g/mol. The number of halogens is 5. The van der Waals surface area contributed by atoms with Crippen LogP contribution in [0.25, 0.3) is 0 Å². The van der Waals surface area contributed by atoms with E-state index in [4.69, 9.17) is 5.73 Å². The first kappa shape index (κ1) is 11.0. The first-order valence-electron chi connectivity index (χ1n) is 3.76. The van der Waals surface area contributed by atoms with E-state index < -0.39 is 23.3 Å². The predicted octanol–water partition coefficient (Wildman–Crippen LogP) is 2.19. The monoisotopic (exact) mass is 219 g/mol. The average Bonchev–Trinajstić information content (AvgIpc) is 1.78. The molecule has 3 aliphatic rings. The van der Waals surface area contributed by atoms with E-state index in [1.807, 2.05) is 0 Å². The van der Waals surface area contributed by atoms with E-state index >= 15 is 0 Å². The third kappa shape index (κ3) is 1.09. The van der Waals surface area contributed by atoms with E-state index in [1.54, 1.807) is 0 Å². The second kappa shape index (κ2) is 2.51. The van der Waals surface area contributed by atoms with E-state index in [1.165, 1.54) is 0 Å². The van der Waals surface area contributed by atoms with Gasteiger partial charge in [0.25, 0.3) is 0 Å². The molecule has 0 aromatic rings. The zero-order valence-corrected chi connectivity index (χ0v) is 7.51. The molecule has 3 aliphatic carbocycles. The van der Waals surface area contributed by atoms with Gasteiger partial charge in [0.15, 0.2) is 0 Å². The molecule has 0 aliphatic heterocycles. The van der Waals surface area contributed by atoms with Gasteiger partial charge in [0, 0.05) is 11.0 Å². The lowest BCUT2D eigenvalue weighted by Gasteiger charge is -2.70. The molecule has 2 bridgehead atoms. The summed E-state index contributed by atoms with van der Waals surface area (Å²) in [5, 5.41) is 0. The van der Waals surface area contributed by atoms with Gasteiger partial charge in [-0.15, -0.1) is 12.4 Å². The minimum atomic E-state index is -3.84. The molecular weight excluding hydrogens is 210 g/mol. The van der Waals surface area contributed by atoms with Gasteiger partial charge < -0.3 is 5.73 Å². The van der Waals surface area contributed by atoms with Crippen molar-refractivity contribution in [3.63, 3.8) is 0 Å². The van der Waals surface area contributed by atoms with E-state index in [0.29, 0.717) is 0 Å². The molecule has 0 atom stereocenters. The molecule has 1 nitrogen and oxygen atoms in total. The van der Waals surface area contributed by atoms with Crippen molar-refractivity contribution in [2.24, 2.45) is 11.1 Å². The normalized spacial score (nSPS) is 42.0. The molecule has 0 heterocycles. The van der Waals surface area contributed by atoms with Crippen molar-refractivity contribution >= 4 is 12.4 Å². The first-order chi connectivity index (χ1) is 5.31. The zero-order chi connectivity index (χ0) is 9.20. The minimum Gasteiger partial charge on any atom is -0.325 e. The van der Waals surface area contributed by atoms with Gasteiger partial charge in [0.1, 0.15) is 0 Å². The Morgan fingerprint density at radius 2 is 1.54 bits per heavy atom. The summed E-state index contributed by atoms with van der Waals surface area (Å²) >= 11 is 0. The fourth-order valence-corrected chi connectivity index (χ4v) is 2.45. The smallest absolute Gasteiger partial charge is 0.313 e. The Morgan fingerprint density at radius 1 is 1.15 bits per heavy atom. The SMILES string of the molecule is Cl.NC12CC(C(F)(F)C(F)F)(C1)C2. The number of hydrogen-bond donors (Lipinski definition) is 1. The van der Waals surface area contributed by atoms with Crippen LogP contribution in [-0.2, 0) is 0 Å². The standard InChI is InChI=1S/C7H9F4N.ClH/c8-4(9)7(10,11)5-1-6(12,2-5)3-5;/h4H,1-3,12H2;1H. The third-order valence-electron chi connectivity index (χ3n) is 3.05. The van der Waals surface area contributed by atoms with Crippen molar-refractivity contribution in [3.8, 4) is 0 Å². The fourth-order valence-electron chi connectivity index (χ4n) is 2.45. The van der Waals surface area contributed by atoms with Crippen LogP contribution in [0.1, 0.15) is 19.3 Å². The molecule has 0 spiro atoms. The van der Waals surface area contributed by atoms with Gasteiger partial charge in [-0.05, 0) is 19.3 Å². The summed E-state index contributed by atoms with van der Waals surface area (Å²) in [5.74, 6) is -3.84. The highest BCUT2D eigenvalue weighted by Gasteiger charge is 2.78. The van der Waals surface area contributed by atoms with Gasteiger partial charge >= 0.3 is 12.3 Å². The Morgan fingerprint density at radius 3 is 1.77 bits per heavy atom. The molecule has 2 N–H and O–H groups in total. The summed E-state index contributed by atoms with van der Waals surface area (Å²) in [5.41, 5.74) is 3.49. The second-order valence-electron chi connectivity index (χ2n) is 4.10. The number of nitrogens with two attached hydrogens (primary N) is 1. The summed E-state index contributed by atoms with van der Waals surface area (Å²) in [6, 6.07) is 0. The largest absolute Gasteiger partial charge is 0.325 e. The molecule has 0 aromatic heterocycles. The number of hydrogen-bond acceptors (Lipinski definition) is 1. The van der Waals surface area contributed by atoms with E-state index in [2.05, 4.69) is 0 Å². The molecule has 78 valence electrons. The maximum atomic E-state index is 12.8. The summed E-state index contributed by atoms with van der Waals surface area (Å²) in [4.78, 5) is 0. The molecule has 0 amide bonds. The Labute approximate surface area is 79.1 Å². The first-order valence-corrected chi connectivity index (χ1v) is 3.76. The summed E-state index contributed by atoms with van der Waals surface area (Å²) < 4.78 is 49.3. The van der Waals surface area contributed by atoms with Gasteiger partial charge in [0.05, 0.1) is 0 Å². The highest BCUT2D eigenvalue weighted by molar-refractivity contribution is 5.85. The molecule has 3 saturated carbocycles. The molecule has 6 heteroatoms. The van der Waals surface area contributed by atoms with Crippen LogP contribution in [0.15, 0.2) is 0 Å². The quantitative estimate of drug-likeness (QED) is 0.708. The second-order valence-corrected chi connectivity index (χ2v) is 4.10. The van der Waals surface area contributed by atoms with E-state index in [0.717, 1.165) is 0 Å². The molecule has 3 rings (SSSR count). The molecular formula is C7H10ClF4N. The van der Waals surface area contributed by atoms with Gasteiger partial charge in [-0.2, -0.15) is 8.78 Å². The van der Waals surface area contributed by atoms with Crippen LogP contribution in [0.3, 0.4) is 0 Å². The Balaban J connectivity index is 0.000000845. The number of alkyl halides is 4. The topological polar surface area (TPSA) is 26.0 Å². The summed E-state index contributed by atoms with van der Waals surface area (Å²) in [7, 11) is 0. The maximum absolute atomic E-state index is 12.8. The van der Waals surface area contributed by atoms with Crippen molar-refractivity contribution in [1.29, 1.82) is 0 Å². The van der Waals surface area contributed by atoms with E-state index in [-0.39, 0.29) is 31.7 Å². The van der Waals surface area contributed by atoms with Crippen molar-refractivity contribution in [3.05, 3.63) is 0 Å². The van der Waals surface area contributed by atoms with Crippen LogP contribution in [0.5, 0.6) is 0 Å². The molecule has 3 fully saturated rings. The Hall–Kier alpha value is -0.0300. The van der Waals surface area contributed by atoms with Crippen LogP contribution in [-0.4, -0.2) is 17.9 Å². The Kier molecular flexibility index (Phi) is 2.13. The highest BCUT2D eigenvalue weighted by atomic mass is 35.5. The molecule has 13 heavy (non-hydrogen) atoms. The number of rotatable bonds is 2. The Bertz CT molecular complexity index is 211. The lowest BCUT2D eigenvalue weighted by Crippen LogP contribution is -2.78. The van der Waals surface area contributed by atoms with Crippen LogP contribution in [0.2, 0.25) is 0 Å². The van der Waals surface area contributed by atoms with Crippen molar-refractivity contribution < 1.29 is 17.6 Å². The zero-order valence-electron chi connectivity index (χ0n) is 6.70. The van der Waals surface area contributed by atoms with Gasteiger partial charge in [-0.1, -0.05) is 0 Å². The van der Waals surface area contributed by atoms with Gasteiger partial charge in [-0.25, -0.2) is 8.78 Å².